The fraction of sp³-hybridized carbons (Fsp3) is 0.357. The zero-order valence-electron chi connectivity index (χ0n) is 11.7. The Kier molecular flexibility index (Phi) is 4.04. The normalized spacial score (nSPS) is 12.9. The van der Waals surface area contributed by atoms with E-state index in [9.17, 15) is 10.1 Å². The molecule has 2 aromatic rings. The van der Waals surface area contributed by atoms with Gasteiger partial charge >= 0.3 is 0 Å². The molecule has 0 bridgehead atoms. The van der Waals surface area contributed by atoms with Crippen molar-refractivity contribution in [2.24, 2.45) is 5.41 Å². The van der Waals surface area contributed by atoms with E-state index in [-0.39, 0.29) is 17.1 Å². The van der Waals surface area contributed by atoms with Crippen LogP contribution in [0.3, 0.4) is 0 Å². The fourth-order valence-corrected chi connectivity index (χ4v) is 2.92. The maximum atomic E-state index is 10.6. The molecule has 0 saturated carbocycles. The van der Waals surface area contributed by atoms with Crippen molar-refractivity contribution in [3.63, 3.8) is 0 Å². The highest BCUT2D eigenvalue weighted by Crippen LogP contribution is 2.37. The predicted molar refractivity (Wildman–Crippen MR) is 81.0 cm³/mol. The summed E-state index contributed by atoms with van der Waals surface area (Å²) < 4.78 is 0. The molecule has 106 valence electrons. The number of nitrogens with zero attached hydrogens (tertiary/aromatic N) is 2. The number of aromatic nitrogens is 1. The van der Waals surface area contributed by atoms with Crippen molar-refractivity contribution in [3.05, 3.63) is 50.8 Å². The number of pyridine rings is 1. The van der Waals surface area contributed by atoms with E-state index in [1.165, 1.54) is 17.1 Å². The lowest BCUT2D eigenvalue weighted by Crippen LogP contribution is -2.25. The Hall–Kier alpha value is -1.95. The maximum Gasteiger partial charge on any atom is 0.287 e. The number of nitro groups is 1. The Labute approximate surface area is 121 Å². The third kappa shape index (κ3) is 3.33. The molecule has 2 rings (SSSR count). The van der Waals surface area contributed by atoms with E-state index in [0.717, 1.165) is 0 Å². The minimum atomic E-state index is -0.447. The summed E-state index contributed by atoms with van der Waals surface area (Å²) in [7, 11) is 0. The van der Waals surface area contributed by atoms with E-state index in [1.807, 2.05) is 11.4 Å². The summed E-state index contributed by atoms with van der Waals surface area (Å²) in [6.07, 6.45) is 1.27. The maximum absolute atomic E-state index is 10.6. The highest BCUT2D eigenvalue weighted by atomic mass is 32.1. The number of anilines is 1. The van der Waals surface area contributed by atoms with E-state index < -0.39 is 4.92 Å². The van der Waals surface area contributed by atoms with Gasteiger partial charge in [0.1, 0.15) is 12.0 Å². The van der Waals surface area contributed by atoms with Crippen LogP contribution >= 0.6 is 11.3 Å². The van der Waals surface area contributed by atoms with Crippen molar-refractivity contribution >= 4 is 22.8 Å². The lowest BCUT2D eigenvalue weighted by atomic mass is 9.86. The van der Waals surface area contributed by atoms with Crippen molar-refractivity contribution in [1.82, 2.24) is 4.98 Å². The molecule has 0 aliphatic rings. The van der Waals surface area contributed by atoms with Crippen molar-refractivity contribution in [3.8, 4) is 0 Å². The largest absolute Gasteiger partial charge is 0.362 e. The van der Waals surface area contributed by atoms with Gasteiger partial charge in [0.15, 0.2) is 0 Å². The standard InChI is InChI=1S/C14H17N3O2S/c1-14(2,3)13(11-5-4-8-20-11)16-12-7-6-10(9-15-12)17(18)19/h4-9,13H,1-3H3,(H,15,16)/t13-/m1/s1. The molecule has 6 heteroatoms. The minimum absolute atomic E-state index is 0.000942. The minimum Gasteiger partial charge on any atom is -0.362 e. The van der Waals surface area contributed by atoms with Gasteiger partial charge in [-0.3, -0.25) is 10.1 Å². The molecule has 0 spiro atoms. The Morgan fingerprint density at radius 2 is 2.10 bits per heavy atom. The zero-order chi connectivity index (χ0) is 14.8. The lowest BCUT2D eigenvalue weighted by molar-refractivity contribution is -0.385. The van der Waals surface area contributed by atoms with E-state index >= 15 is 0 Å². The average Bonchev–Trinajstić information content (AvgIpc) is 2.88. The monoisotopic (exact) mass is 291 g/mol. The third-order valence-electron chi connectivity index (χ3n) is 2.94. The molecule has 0 aliphatic carbocycles. The van der Waals surface area contributed by atoms with E-state index in [1.54, 1.807) is 17.4 Å². The molecule has 0 amide bonds. The summed E-state index contributed by atoms with van der Waals surface area (Å²) >= 11 is 1.69. The number of hydrogen-bond acceptors (Lipinski definition) is 5. The molecule has 1 N–H and O–H groups in total. The molecule has 0 radical (unpaired) electrons. The summed E-state index contributed by atoms with van der Waals surface area (Å²) in [5, 5.41) is 16.0. The quantitative estimate of drug-likeness (QED) is 0.675. The van der Waals surface area contributed by atoms with Crippen molar-refractivity contribution < 1.29 is 4.92 Å². The van der Waals surface area contributed by atoms with Crippen LogP contribution < -0.4 is 5.32 Å². The second kappa shape index (κ2) is 5.58. The van der Waals surface area contributed by atoms with Gasteiger partial charge in [0.2, 0.25) is 0 Å². The van der Waals surface area contributed by atoms with E-state index in [4.69, 9.17) is 0 Å². The summed E-state index contributed by atoms with van der Waals surface area (Å²) in [6.45, 7) is 6.45. The molecule has 5 nitrogen and oxygen atoms in total. The van der Waals surface area contributed by atoms with Crippen LogP contribution in [0.4, 0.5) is 11.5 Å². The molecular formula is C14H17N3O2S. The Balaban J connectivity index is 2.22. The fourth-order valence-electron chi connectivity index (χ4n) is 1.90. The summed E-state index contributed by atoms with van der Waals surface area (Å²) in [5.74, 6) is 0.643. The van der Waals surface area contributed by atoms with Gasteiger partial charge in [-0.1, -0.05) is 26.8 Å². The number of hydrogen-bond donors (Lipinski definition) is 1. The molecule has 1 atom stereocenters. The van der Waals surface area contributed by atoms with E-state index in [2.05, 4.69) is 37.1 Å². The van der Waals surface area contributed by atoms with Crippen LogP contribution in [0.5, 0.6) is 0 Å². The van der Waals surface area contributed by atoms with Crippen molar-refractivity contribution in [1.29, 1.82) is 0 Å². The molecule has 0 aliphatic heterocycles. The van der Waals surface area contributed by atoms with Crippen molar-refractivity contribution in [2.75, 3.05) is 5.32 Å². The average molecular weight is 291 g/mol. The zero-order valence-corrected chi connectivity index (χ0v) is 12.5. The molecule has 20 heavy (non-hydrogen) atoms. The summed E-state index contributed by atoms with van der Waals surface area (Å²) in [4.78, 5) is 15.5. The first-order valence-corrected chi connectivity index (χ1v) is 7.16. The van der Waals surface area contributed by atoms with Gasteiger partial charge in [-0.2, -0.15) is 0 Å². The highest BCUT2D eigenvalue weighted by Gasteiger charge is 2.27. The molecule has 0 aromatic carbocycles. The van der Waals surface area contributed by atoms with Gasteiger partial charge in [0, 0.05) is 10.9 Å². The van der Waals surface area contributed by atoms with Crippen LogP contribution in [0.2, 0.25) is 0 Å². The smallest absolute Gasteiger partial charge is 0.287 e. The van der Waals surface area contributed by atoms with Gasteiger partial charge in [-0.05, 0) is 22.9 Å². The second-order valence-electron chi connectivity index (χ2n) is 5.62. The molecule has 0 saturated heterocycles. The van der Waals surface area contributed by atoms with Crippen LogP contribution in [0.15, 0.2) is 35.8 Å². The molecule has 0 fully saturated rings. The number of rotatable bonds is 4. The van der Waals surface area contributed by atoms with E-state index in [0.29, 0.717) is 5.82 Å². The second-order valence-corrected chi connectivity index (χ2v) is 6.60. The SMILES string of the molecule is CC(C)(C)[C@H](Nc1ccc([N+](=O)[O-])cn1)c1cccs1. The van der Waals surface area contributed by atoms with Crippen LogP contribution in [0.25, 0.3) is 0 Å². The number of nitrogens with one attached hydrogen (secondary N) is 1. The van der Waals surface area contributed by atoms with Crippen LogP contribution in [0, 0.1) is 15.5 Å². The molecule has 0 unspecified atom stereocenters. The Morgan fingerprint density at radius 3 is 2.55 bits per heavy atom. The van der Waals surface area contributed by atoms with Crippen LogP contribution in [-0.4, -0.2) is 9.91 Å². The molecular weight excluding hydrogens is 274 g/mol. The summed E-state index contributed by atoms with van der Waals surface area (Å²) in [5.41, 5.74) is 0.00730. The molecule has 2 heterocycles. The first-order valence-electron chi connectivity index (χ1n) is 6.28. The van der Waals surface area contributed by atoms with Gasteiger partial charge in [0.05, 0.1) is 11.0 Å². The van der Waals surface area contributed by atoms with Gasteiger partial charge < -0.3 is 5.32 Å². The Morgan fingerprint density at radius 1 is 1.35 bits per heavy atom. The van der Waals surface area contributed by atoms with Crippen LogP contribution in [-0.2, 0) is 0 Å². The lowest BCUT2D eigenvalue weighted by Gasteiger charge is -2.31. The first kappa shape index (κ1) is 14.5. The van der Waals surface area contributed by atoms with Gasteiger partial charge in [0.25, 0.3) is 5.69 Å². The number of thiophene rings is 1. The third-order valence-corrected chi connectivity index (χ3v) is 3.88. The molecule has 2 aromatic heterocycles. The highest BCUT2D eigenvalue weighted by molar-refractivity contribution is 7.10. The van der Waals surface area contributed by atoms with Crippen LogP contribution in [0.1, 0.15) is 31.7 Å². The predicted octanol–water partition coefficient (Wildman–Crippen LogP) is 4.25. The topological polar surface area (TPSA) is 68.1 Å². The van der Waals surface area contributed by atoms with Gasteiger partial charge in [-0.25, -0.2) is 4.98 Å². The summed E-state index contributed by atoms with van der Waals surface area (Å²) in [6, 6.07) is 7.31. The van der Waals surface area contributed by atoms with Gasteiger partial charge in [-0.15, -0.1) is 11.3 Å². The Bertz CT molecular complexity index is 573. The van der Waals surface area contributed by atoms with Crippen molar-refractivity contribution in [2.45, 2.75) is 26.8 Å². The first-order chi connectivity index (χ1) is 9.38.